The SMILES string of the molecule is CCOc1ccc(C(=O)NCC(=O)OCc2csc(CC(=O)Nc3ccccc3OC)n2)cc1. The minimum Gasteiger partial charge on any atom is -0.495 e. The second-order valence-corrected chi connectivity index (χ2v) is 7.90. The Morgan fingerprint density at radius 2 is 1.82 bits per heavy atom. The molecule has 0 fully saturated rings. The van der Waals surface area contributed by atoms with Crippen LogP contribution in [0.25, 0.3) is 0 Å². The lowest BCUT2D eigenvalue weighted by Gasteiger charge is -2.08. The third-order valence-corrected chi connectivity index (χ3v) is 5.39. The quantitative estimate of drug-likeness (QED) is 0.402. The molecule has 3 aromatic rings. The molecule has 34 heavy (non-hydrogen) atoms. The van der Waals surface area contributed by atoms with Crippen LogP contribution < -0.4 is 20.1 Å². The van der Waals surface area contributed by atoms with Crippen LogP contribution in [0.2, 0.25) is 0 Å². The van der Waals surface area contributed by atoms with Crippen LogP contribution in [-0.2, 0) is 27.4 Å². The number of methoxy groups -OCH3 is 1. The van der Waals surface area contributed by atoms with Crippen molar-refractivity contribution in [3.8, 4) is 11.5 Å². The Kier molecular flexibility index (Phi) is 8.98. The van der Waals surface area contributed by atoms with Gasteiger partial charge in [-0.2, -0.15) is 0 Å². The first-order valence-electron chi connectivity index (χ1n) is 10.5. The van der Waals surface area contributed by atoms with E-state index >= 15 is 0 Å². The first-order valence-corrected chi connectivity index (χ1v) is 11.4. The van der Waals surface area contributed by atoms with E-state index in [1.807, 2.05) is 13.0 Å². The molecular weight excluding hydrogens is 458 g/mol. The van der Waals surface area contributed by atoms with Crippen LogP contribution in [0.1, 0.15) is 28.0 Å². The Bertz CT molecular complexity index is 1130. The normalized spacial score (nSPS) is 10.3. The summed E-state index contributed by atoms with van der Waals surface area (Å²) in [6.45, 7) is 2.08. The second kappa shape index (κ2) is 12.4. The number of thiazole rings is 1. The number of benzene rings is 2. The molecule has 0 atom stereocenters. The predicted octanol–water partition coefficient (Wildman–Crippen LogP) is 3.20. The lowest BCUT2D eigenvalue weighted by molar-refractivity contribution is -0.143. The smallest absolute Gasteiger partial charge is 0.325 e. The maximum atomic E-state index is 12.3. The van der Waals surface area contributed by atoms with Gasteiger partial charge in [0.15, 0.2) is 0 Å². The summed E-state index contributed by atoms with van der Waals surface area (Å²) in [5, 5.41) is 7.61. The number of amides is 2. The molecule has 10 heteroatoms. The van der Waals surface area contributed by atoms with E-state index in [9.17, 15) is 14.4 Å². The number of anilines is 1. The van der Waals surface area contributed by atoms with Crippen molar-refractivity contribution in [2.75, 3.05) is 25.6 Å². The van der Waals surface area contributed by atoms with Crippen LogP contribution in [-0.4, -0.2) is 43.0 Å². The standard InChI is InChI=1S/C24H25N3O6S/c1-3-32-18-10-8-16(9-11-18)24(30)25-13-23(29)33-14-17-15-34-22(26-17)12-21(28)27-19-6-4-5-7-20(19)31-2/h4-11,15H,3,12-14H2,1-2H3,(H,25,30)(H,27,28). The Morgan fingerprint density at radius 1 is 1.06 bits per heavy atom. The number of ether oxygens (including phenoxy) is 3. The Hall–Kier alpha value is -3.92. The lowest BCUT2D eigenvalue weighted by atomic mass is 10.2. The highest BCUT2D eigenvalue weighted by Crippen LogP contribution is 2.23. The monoisotopic (exact) mass is 483 g/mol. The van der Waals surface area contributed by atoms with E-state index in [0.29, 0.717) is 40.1 Å². The maximum absolute atomic E-state index is 12.3. The third kappa shape index (κ3) is 7.31. The zero-order chi connectivity index (χ0) is 24.3. The van der Waals surface area contributed by atoms with E-state index in [4.69, 9.17) is 14.2 Å². The van der Waals surface area contributed by atoms with Crippen LogP contribution in [0.15, 0.2) is 53.9 Å². The molecule has 1 aromatic heterocycles. The molecule has 178 valence electrons. The van der Waals surface area contributed by atoms with Crippen molar-refractivity contribution in [2.24, 2.45) is 0 Å². The van der Waals surface area contributed by atoms with Gasteiger partial charge in [-0.3, -0.25) is 14.4 Å². The average molecular weight is 484 g/mol. The van der Waals surface area contributed by atoms with Gasteiger partial charge in [-0.1, -0.05) is 12.1 Å². The van der Waals surface area contributed by atoms with Crippen molar-refractivity contribution in [3.63, 3.8) is 0 Å². The fourth-order valence-electron chi connectivity index (χ4n) is 2.91. The minimum absolute atomic E-state index is 0.0532. The first kappa shape index (κ1) is 24.7. The van der Waals surface area contributed by atoms with Gasteiger partial charge in [0.1, 0.15) is 29.7 Å². The number of esters is 1. The number of aromatic nitrogens is 1. The largest absolute Gasteiger partial charge is 0.495 e. The Labute approximate surface area is 201 Å². The summed E-state index contributed by atoms with van der Waals surface area (Å²) < 4.78 is 15.7. The van der Waals surface area contributed by atoms with Crippen molar-refractivity contribution < 1.29 is 28.6 Å². The highest BCUT2D eigenvalue weighted by atomic mass is 32.1. The fourth-order valence-corrected chi connectivity index (χ4v) is 3.68. The molecule has 2 aromatic carbocycles. The summed E-state index contributed by atoms with van der Waals surface area (Å²) in [6.07, 6.45) is 0.0782. The minimum atomic E-state index is -0.595. The van der Waals surface area contributed by atoms with E-state index < -0.39 is 11.9 Å². The molecule has 0 aliphatic carbocycles. The second-order valence-electron chi connectivity index (χ2n) is 6.96. The van der Waals surface area contributed by atoms with Gasteiger partial charge in [0.2, 0.25) is 5.91 Å². The molecule has 2 amide bonds. The number of hydrogen-bond donors (Lipinski definition) is 2. The molecule has 0 saturated carbocycles. The van der Waals surface area contributed by atoms with Crippen LogP contribution in [0, 0.1) is 0 Å². The van der Waals surface area contributed by atoms with Gasteiger partial charge in [0.05, 0.1) is 31.5 Å². The molecule has 0 radical (unpaired) electrons. The summed E-state index contributed by atoms with van der Waals surface area (Å²) in [5.74, 6) is 0.00900. The maximum Gasteiger partial charge on any atom is 0.325 e. The zero-order valence-electron chi connectivity index (χ0n) is 18.8. The van der Waals surface area contributed by atoms with Gasteiger partial charge >= 0.3 is 5.97 Å². The van der Waals surface area contributed by atoms with E-state index in [1.165, 1.54) is 18.4 Å². The summed E-state index contributed by atoms with van der Waals surface area (Å²) in [4.78, 5) is 40.8. The van der Waals surface area contributed by atoms with E-state index in [-0.39, 0.29) is 25.5 Å². The fraction of sp³-hybridized carbons (Fsp3) is 0.250. The molecule has 0 unspecified atom stereocenters. The van der Waals surface area contributed by atoms with Crippen molar-refractivity contribution in [2.45, 2.75) is 20.0 Å². The van der Waals surface area contributed by atoms with Crippen LogP contribution in [0.4, 0.5) is 5.69 Å². The number of nitrogens with one attached hydrogen (secondary N) is 2. The Morgan fingerprint density at radius 3 is 2.56 bits per heavy atom. The molecule has 3 rings (SSSR count). The first-order chi connectivity index (χ1) is 16.5. The molecule has 1 heterocycles. The molecule has 0 spiro atoms. The predicted molar refractivity (Wildman–Crippen MR) is 127 cm³/mol. The zero-order valence-corrected chi connectivity index (χ0v) is 19.6. The molecule has 2 N–H and O–H groups in total. The van der Waals surface area contributed by atoms with Gasteiger partial charge in [0, 0.05) is 10.9 Å². The van der Waals surface area contributed by atoms with Crippen LogP contribution in [0.5, 0.6) is 11.5 Å². The van der Waals surface area contributed by atoms with Gasteiger partial charge in [-0.05, 0) is 43.3 Å². The van der Waals surface area contributed by atoms with Crippen molar-refractivity contribution in [3.05, 3.63) is 70.2 Å². The third-order valence-electron chi connectivity index (χ3n) is 4.49. The molecule has 0 bridgehead atoms. The van der Waals surface area contributed by atoms with Crippen LogP contribution >= 0.6 is 11.3 Å². The lowest BCUT2D eigenvalue weighted by Crippen LogP contribution is -2.30. The topological polar surface area (TPSA) is 116 Å². The van der Waals surface area contributed by atoms with E-state index in [2.05, 4.69) is 15.6 Å². The number of para-hydroxylation sites is 2. The number of hydrogen-bond acceptors (Lipinski definition) is 8. The number of carbonyl (C=O) groups excluding carboxylic acids is 3. The van der Waals surface area contributed by atoms with Gasteiger partial charge in [-0.25, -0.2) is 4.98 Å². The average Bonchev–Trinajstić information content (AvgIpc) is 3.29. The number of carbonyl (C=O) groups is 3. The van der Waals surface area contributed by atoms with Crippen molar-refractivity contribution >= 4 is 34.8 Å². The molecule has 0 aliphatic rings. The van der Waals surface area contributed by atoms with E-state index in [1.54, 1.807) is 47.8 Å². The Balaban J connectivity index is 1.41. The summed E-state index contributed by atoms with van der Waals surface area (Å²) in [7, 11) is 1.53. The van der Waals surface area contributed by atoms with Gasteiger partial charge in [-0.15, -0.1) is 11.3 Å². The molecule has 0 aliphatic heterocycles. The van der Waals surface area contributed by atoms with E-state index in [0.717, 1.165) is 0 Å². The van der Waals surface area contributed by atoms with Gasteiger partial charge in [0.25, 0.3) is 5.91 Å². The summed E-state index contributed by atoms with van der Waals surface area (Å²) >= 11 is 1.30. The number of rotatable bonds is 11. The molecule has 0 saturated heterocycles. The molecule has 9 nitrogen and oxygen atoms in total. The van der Waals surface area contributed by atoms with Gasteiger partial charge < -0.3 is 24.8 Å². The number of nitrogens with zero attached hydrogens (tertiary/aromatic N) is 1. The summed E-state index contributed by atoms with van der Waals surface area (Å²) in [6, 6.07) is 13.7. The molecular formula is C24H25N3O6S. The highest BCUT2D eigenvalue weighted by molar-refractivity contribution is 7.09. The van der Waals surface area contributed by atoms with Crippen molar-refractivity contribution in [1.82, 2.24) is 10.3 Å². The van der Waals surface area contributed by atoms with Crippen molar-refractivity contribution in [1.29, 1.82) is 0 Å². The highest BCUT2D eigenvalue weighted by Gasteiger charge is 2.13. The summed E-state index contributed by atoms with van der Waals surface area (Å²) in [5.41, 5.74) is 1.51. The van der Waals surface area contributed by atoms with Crippen LogP contribution in [0.3, 0.4) is 0 Å².